The van der Waals surface area contributed by atoms with Crippen molar-refractivity contribution in [2.24, 2.45) is 5.92 Å². The second-order valence-electron chi connectivity index (χ2n) is 6.68. The minimum Gasteiger partial charge on any atom is -0.506 e. The Balaban J connectivity index is 1.64. The number of rotatable bonds is 6. The van der Waals surface area contributed by atoms with Crippen LogP contribution in [0, 0.1) is 5.92 Å². The number of nitrogens with zero attached hydrogens (tertiary/aromatic N) is 1. The normalized spacial score (nSPS) is 16.7. The molecule has 2 N–H and O–H groups in total. The lowest BCUT2D eigenvalue weighted by Crippen LogP contribution is -2.28. The molecule has 0 spiro atoms. The van der Waals surface area contributed by atoms with E-state index in [0.29, 0.717) is 12.2 Å². The standard InChI is InChI=1S/C21H24N2O3/c1-2-3-6-15-9-11-17(12-10-15)23-14-16(13-20(23)25)21(26)22-18-7-4-5-8-19(18)24/h4-5,7-12,16,24H,2-3,6,13-14H2,1H3,(H,22,26). The van der Waals surface area contributed by atoms with E-state index in [2.05, 4.69) is 12.2 Å². The highest BCUT2D eigenvalue weighted by Crippen LogP contribution is 2.28. The summed E-state index contributed by atoms with van der Waals surface area (Å²) in [6, 6.07) is 14.6. The van der Waals surface area contributed by atoms with Gasteiger partial charge in [-0.25, -0.2) is 0 Å². The van der Waals surface area contributed by atoms with E-state index in [9.17, 15) is 14.7 Å². The van der Waals surface area contributed by atoms with Crippen molar-refractivity contribution in [3.8, 4) is 5.75 Å². The quantitative estimate of drug-likeness (QED) is 0.779. The number of hydrogen-bond donors (Lipinski definition) is 2. The number of aromatic hydroxyl groups is 1. The number of amides is 2. The van der Waals surface area contributed by atoms with Crippen molar-refractivity contribution in [3.63, 3.8) is 0 Å². The van der Waals surface area contributed by atoms with Gasteiger partial charge in [-0.3, -0.25) is 9.59 Å². The number of aryl methyl sites for hydroxylation is 1. The number of phenolic OH excluding ortho intramolecular Hbond substituents is 1. The molecule has 0 aromatic heterocycles. The third-order valence-corrected chi connectivity index (χ3v) is 4.72. The molecular formula is C21H24N2O3. The zero-order valence-electron chi connectivity index (χ0n) is 14.9. The first-order valence-corrected chi connectivity index (χ1v) is 9.06. The fourth-order valence-electron chi connectivity index (χ4n) is 3.17. The smallest absolute Gasteiger partial charge is 0.229 e. The van der Waals surface area contributed by atoms with Crippen molar-refractivity contribution in [1.29, 1.82) is 0 Å². The monoisotopic (exact) mass is 352 g/mol. The highest BCUT2D eigenvalue weighted by atomic mass is 16.3. The van der Waals surface area contributed by atoms with E-state index < -0.39 is 5.92 Å². The van der Waals surface area contributed by atoms with E-state index in [1.807, 2.05) is 24.3 Å². The molecule has 0 radical (unpaired) electrons. The van der Waals surface area contributed by atoms with Crippen molar-refractivity contribution >= 4 is 23.2 Å². The van der Waals surface area contributed by atoms with Gasteiger partial charge in [0.2, 0.25) is 11.8 Å². The number of nitrogens with one attached hydrogen (secondary N) is 1. The second-order valence-corrected chi connectivity index (χ2v) is 6.68. The first-order valence-electron chi connectivity index (χ1n) is 9.06. The van der Waals surface area contributed by atoms with Gasteiger partial charge in [-0.15, -0.1) is 0 Å². The van der Waals surface area contributed by atoms with E-state index in [-0.39, 0.29) is 24.0 Å². The summed E-state index contributed by atoms with van der Waals surface area (Å²) in [6.07, 6.45) is 3.52. The Bertz CT molecular complexity index is 786. The zero-order valence-corrected chi connectivity index (χ0v) is 14.9. The summed E-state index contributed by atoms with van der Waals surface area (Å²) in [7, 11) is 0. The fraction of sp³-hybridized carbons (Fsp3) is 0.333. The number of hydrogen-bond acceptors (Lipinski definition) is 3. The largest absolute Gasteiger partial charge is 0.506 e. The molecule has 0 aliphatic carbocycles. The van der Waals surface area contributed by atoms with Gasteiger partial charge in [0.25, 0.3) is 0 Å². The Morgan fingerprint density at radius 1 is 1.19 bits per heavy atom. The average Bonchev–Trinajstić information content (AvgIpc) is 3.04. The number of anilines is 2. The Morgan fingerprint density at radius 3 is 2.62 bits per heavy atom. The second kappa shape index (κ2) is 8.04. The van der Waals surface area contributed by atoms with Crippen LogP contribution in [0.2, 0.25) is 0 Å². The van der Waals surface area contributed by atoms with E-state index in [1.165, 1.54) is 11.6 Å². The third-order valence-electron chi connectivity index (χ3n) is 4.72. The molecule has 0 saturated carbocycles. The third kappa shape index (κ3) is 4.04. The molecule has 26 heavy (non-hydrogen) atoms. The fourth-order valence-corrected chi connectivity index (χ4v) is 3.17. The first kappa shape index (κ1) is 18.0. The van der Waals surface area contributed by atoms with Crippen molar-refractivity contribution in [2.75, 3.05) is 16.8 Å². The summed E-state index contributed by atoms with van der Waals surface area (Å²) >= 11 is 0. The number of para-hydroxylation sites is 2. The van der Waals surface area contributed by atoms with Crippen LogP contribution in [0.3, 0.4) is 0 Å². The number of carbonyl (C=O) groups is 2. The van der Waals surface area contributed by atoms with Gasteiger partial charge in [0.05, 0.1) is 11.6 Å². The topological polar surface area (TPSA) is 69.6 Å². The maximum Gasteiger partial charge on any atom is 0.229 e. The number of carbonyl (C=O) groups excluding carboxylic acids is 2. The molecular weight excluding hydrogens is 328 g/mol. The number of benzene rings is 2. The van der Waals surface area contributed by atoms with Gasteiger partial charge in [0, 0.05) is 18.7 Å². The number of phenols is 1. The Morgan fingerprint density at radius 2 is 1.92 bits per heavy atom. The van der Waals surface area contributed by atoms with Crippen LogP contribution >= 0.6 is 0 Å². The highest BCUT2D eigenvalue weighted by molar-refractivity contribution is 6.03. The molecule has 3 rings (SSSR count). The maximum atomic E-state index is 12.5. The molecule has 1 heterocycles. The first-order chi connectivity index (χ1) is 12.6. The van der Waals surface area contributed by atoms with E-state index in [1.54, 1.807) is 23.1 Å². The summed E-state index contributed by atoms with van der Waals surface area (Å²) in [4.78, 5) is 26.5. The summed E-state index contributed by atoms with van der Waals surface area (Å²) < 4.78 is 0. The van der Waals surface area contributed by atoms with Gasteiger partial charge >= 0.3 is 0 Å². The molecule has 1 atom stereocenters. The Hall–Kier alpha value is -2.82. The average molecular weight is 352 g/mol. The van der Waals surface area contributed by atoms with E-state index in [0.717, 1.165) is 24.9 Å². The van der Waals surface area contributed by atoms with Crippen molar-refractivity contribution < 1.29 is 14.7 Å². The lowest BCUT2D eigenvalue weighted by molar-refractivity contribution is -0.122. The lowest BCUT2D eigenvalue weighted by atomic mass is 10.1. The molecule has 1 fully saturated rings. The van der Waals surface area contributed by atoms with Gasteiger partial charge in [0.15, 0.2) is 0 Å². The molecule has 2 aromatic rings. The minimum absolute atomic E-state index is 0.0182. The molecule has 0 bridgehead atoms. The van der Waals surface area contributed by atoms with Gasteiger partial charge in [-0.1, -0.05) is 37.6 Å². The Labute approximate surface area is 153 Å². The highest BCUT2D eigenvalue weighted by Gasteiger charge is 2.35. The van der Waals surface area contributed by atoms with Crippen LogP contribution in [-0.2, 0) is 16.0 Å². The van der Waals surface area contributed by atoms with Crippen molar-refractivity contribution in [2.45, 2.75) is 32.6 Å². The maximum absolute atomic E-state index is 12.5. The van der Waals surface area contributed by atoms with Crippen molar-refractivity contribution in [1.82, 2.24) is 0 Å². The molecule has 1 aliphatic rings. The van der Waals surface area contributed by atoms with E-state index in [4.69, 9.17) is 0 Å². The minimum atomic E-state index is -0.429. The van der Waals surface area contributed by atoms with Crippen LogP contribution in [0.5, 0.6) is 5.75 Å². The van der Waals surface area contributed by atoms with Crippen LogP contribution < -0.4 is 10.2 Å². The molecule has 5 nitrogen and oxygen atoms in total. The SMILES string of the molecule is CCCCc1ccc(N2CC(C(=O)Nc3ccccc3O)CC2=O)cc1. The van der Waals surface area contributed by atoms with Crippen LogP contribution in [0.25, 0.3) is 0 Å². The number of unbranched alkanes of at least 4 members (excludes halogenated alkanes) is 1. The summed E-state index contributed by atoms with van der Waals surface area (Å²) in [5.74, 6) is -0.711. The van der Waals surface area contributed by atoms with Crippen molar-refractivity contribution in [3.05, 3.63) is 54.1 Å². The van der Waals surface area contributed by atoms with E-state index >= 15 is 0 Å². The summed E-state index contributed by atoms with van der Waals surface area (Å²) in [6.45, 7) is 2.52. The Kier molecular flexibility index (Phi) is 5.56. The molecule has 1 aliphatic heterocycles. The summed E-state index contributed by atoms with van der Waals surface area (Å²) in [5.41, 5.74) is 2.45. The predicted octanol–water partition coefficient (Wildman–Crippen LogP) is 3.73. The molecule has 2 amide bonds. The van der Waals surface area contributed by atoms with Crippen LogP contribution in [0.15, 0.2) is 48.5 Å². The molecule has 2 aromatic carbocycles. The van der Waals surface area contributed by atoms with Gasteiger partial charge in [0.1, 0.15) is 5.75 Å². The lowest BCUT2D eigenvalue weighted by Gasteiger charge is -2.17. The molecule has 136 valence electrons. The van der Waals surface area contributed by atoms with Gasteiger partial charge in [-0.05, 0) is 42.7 Å². The summed E-state index contributed by atoms with van der Waals surface area (Å²) in [5, 5.41) is 12.5. The van der Waals surface area contributed by atoms with Crippen LogP contribution in [-0.4, -0.2) is 23.5 Å². The zero-order chi connectivity index (χ0) is 18.5. The van der Waals surface area contributed by atoms with Crippen LogP contribution in [0.4, 0.5) is 11.4 Å². The van der Waals surface area contributed by atoms with Gasteiger partial charge in [-0.2, -0.15) is 0 Å². The predicted molar refractivity (Wildman–Crippen MR) is 102 cm³/mol. The van der Waals surface area contributed by atoms with Gasteiger partial charge < -0.3 is 15.3 Å². The molecule has 5 heteroatoms. The van der Waals surface area contributed by atoms with Crippen LogP contribution in [0.1, 0.15) is 31.7 Å². The molecule has 1 saturated heterocycles. The molecule has 1 unspecified atom stereocenters.